The van der Waals surface area contributed by atoms with Crippen molar-refractivity contribution in [2.45, 2.75) is 26.2 Å². The van der Waals surface area contributed by atoms with Gasteiger partial charge in [-0.15, -0.1) is 0 Å². The minimum absolute atomic E-state index is 0.226. The summed E-state index contributed by atoms with van der Waals surface area (Å²) in [7, 11) is 0. The molecule has 0 fully saturated rings. The van der Waals surface area contributed by atoms with Crippen molar-refractivity contribution in [3.05, 3.63) is 53.1 Å². The van der Waals surface area contributed by atoms with E-state index < -0.39 is 0 Å². The number of carbonyl (C=O) groups excluding carboxylic acids is 1. The Kier molecular flexibility index (Phi) is 3.04. The zero-order valence-corrected chi connectivity index (χ0v) is 9.73. The van der Waals surface area contributed by atoms with Gasteiger partial charge in [0.2, 0.25) is 0 Å². The summed E-state index contributed by atoms with van der Waals surface area (Å²) in [4.78, 5) is 11.3. The first-order chi connectivity index (χ1) is 7.66. The second kappa shape index (κ2) is 4.48. The molecule has 1 aromatic rings. The third-order valence-electron chi connectivity index (χ3n) is 2.89. The average molecular weight is 212 g/mol. The maximum Gasteiger partial charge on any atom is 0.130 e. The van der Waals surface area contributed by atoms with Gasteiger partial charge in [-0.25, -0.2) is 0 Å². The van der Waals surface area contributed by atoms with Crippen molar-refractivity contribution in [3.63, 3.8) is 0 Å². The second-order valence-corrected chi connectivity index (χ2v) is 4.39. The summed E-state index contributed by atoms with van der Waals surface area (Å²) in [6, 6.07) is 8.29. The van der Waals surface area contributed by atoms with Crippen LogP contribution in [0.25, 0.3) is 6.08 Å². The van der Waals surface area contributed by atoms with E-state index in [4.69, 9.17) is 0 Å². The molecule has 1 aliphatic carbocycles. The molecule has 0 saturated carbocycles. The van der Waals surface area contributed by atoms with Crippen molar-refractivity contribution in [3.8, 4) is 0 Å². The van der Waals surface area contributed by atoms with Crippen LogP contribution in [0.3, 0.4) is 0 Å². The molecule has 1 heteroatoms. The Bertz CT molecular complexity index is 466. The van der Waals surface area contributed by atoms with Crippen molar-refractivity contribution in [1.29, 1.82) is 0 Å². The molecule has 82 valence electrons. The Hall–Kier alpha value is -1.63. The normalized spacial score (nSPS) is 18.6. The van der Waals surface area contributed by atoms with Crippen molar-refractivity contribution < 1.29 is 4.79 Å². The van der Waals surface area contributed by atoms with E-state index >= 15 is 0 Å². The molecule has 0 spiro atoms. The molecule has 0 N–H and O–H groups in total. The Morgan fingerprint density at radius 2 is 2.00 bits per heavy atom. The summed E-state index contributed by atoms with van der Waals surface area (Å²) in [6.07, 6.45) is 7.01. The summed E-state index contributed by atoms with van der Waals surface area (Å²) in [5.41, 5.74) is 3.70. The van der Waals surface area contributed by atoms with Gasteiger partial charge < -0.3 is 0 Å². The molecular formula is C15H16O. The van der Waals surface area contributed by atoms with Gasteiger partial charge in [-0.2, -0.15) is 0 Å². The third kappa shape index (κ3) is 2.30. The van der Waals surface area contributed by atoms with Gasteiger partial charge in [0.1, 0.15) is 5.78 Å². The van der Waals surface area contributed by atoms with Crippen LogP contribution in [0.1, 0.15) is 37.3 Å². The number of carbonyl (C=O) groups is 1. The Morgan fingerprint density at radius 3 is 2.75 bits per heavy atom. The summed E-state index contributed by atoms with van der Waals surface area (Å²) >= 11 is 0. The van der Waals surface area contributed by atoms with Crippen LogP contribution in [0.15, 0.2) is 42.0 Å². The summed E-state index contributed by atoms with van der Waals surface area (Å²) in [6.45, 7) is 3.74. The average Bonchev–Trinajstić information content (AvgIpc) is 2.39. The topological polar surface area (TPSA) is 17.1 Å². The minimum atomic E-state index is 0.226. The third-order valence-corrected chi connectivity index (χ3v) is 2.89. The van der Waals surface area contributed by atoms with Crippen molar-refractivity contribution in [2.75, 3.05) is 0 Å². The molecule has 1 atom stereocenters. The molecule has 0 aliphatic heterocycles. The molecule has 0 saturated heterocycles. The van der Waals surface area contributed by atoms with Gasteiger partial charge in [-0.3, -0.25) is 4.79 Å². The molecule has 0 radical (unpaired) electrons. The predicted octanol–water partition coefficient (Wildman–Crippen LogP) is 3.72. The molecule has 0 aromatic heterocycles. The van der Waals surface area contributed by atoms with Gasteiger partial charge >= 0.3 is 0 Å². The van der Waals surface area contributed by atoms with E-state index in [1.165, 1.54) is 16.7 Å². The number of Topliss-reactive ketones (excluding diaryl/α,β-unsaturated/α-hetero) is 1. The van der Waals surface area contributed by atoms with Crippen molar-refractivity contribution in [1.82, 2.24) is 0 Å². The largest absolute Gasteiger partial charge is 0.300 e. The van der Waals surface area contributed by atoms with Gasteiger partial charge in [0.15, 0.2) is 0 Å². The van der Waals surface area contributed by atoms with Crippen molar-refractivity contribution >= 4 is 11.9 Å². The number of benzene rings is 1. The van der Waals surface area contributed by atoms with E-state index in [1.807, 2.05) is 12.1 Å². The van der Waals surface area contributed by atoms with Crippen molar-refractivity contribution in [2.24, 2.45) is 0 Å². The quantitative estimate of drug-likeness (QED) is 0.730. The van der Waals surface area contributed by atoms with Crippen LogP contribution < -0.4 is 0 Å². The zero-order valence-electron chi connectivity index (χ0n) is 9.73. The maximum atomic E-state index is 11.3. The fourth-order valence-electron chi connectivity index (χ4n) is 2.16. The molecule has 0 bridgehead atoms. The molecule has 1 unspecified atom stereocenters. The fraction of sp³-hybridized carbons (Fsp3) is 0.267. The first-order valence-electron chi connectivity index (χ1n) is 5.61. The van der Waals surface area contributed by atoms with E-state index in [9.17, 15) is 4.79 Å². The predicted molar refractivity (Wildman–Crippen MR) is 67.3 cm³/mol. The molecule has 16 heavy (non-hydrogen) atoms. The lowest BCUT2D eigenvalue weighted by atomic mass is 9.90. The summed E-state index contributed by atoms with van der Waals surface area (Å²) in [5, 5.41) is 0. The van der Waals surface area contributed by atoms with E-state index in [0.29, 0.717) is 6.42 Å². The van der Waals surface area contributed by atoms with Crippen LogP contribution in [0.2, 0.25) is 0 Å². The van der Waals surface area contributed by atoms with E-state index in [-0.39, 0.29) is 11.7 Å². The van der Waals surface area contributed by atoms with Crippen LogP contribution in [-0.2, 0) is 4.79 Å². The van der Waals surface area contributed by atoms with Crippen LogP contribution in [0, 0.1) is 0 Å². The monoisotopic (exact) mass is 212 g/mol. The van der Waals surface area contributed by atoms with Gasteiger partial charge in [0, 0.05) is 12.3 Å². The van der Waals surface area contributed by atoms with Crippen LogP contribution in [0.4, 0.5) is 0 Å². The van der Waals surface area contributed by atoms with Crippen LogP contribution >= 0.6 is 0 Å². The first-order valence-corrected chi connectivity index (χ1v) is 5.61. The van der Waals surface area contributed by atoms with E-state index in [0.717, 1.165) is 0 Å². The van der Waals surface area contributed by atoms with E-state index in [2.05, 4.69) is 37.3 Å². The Morgan fingerprint density at radius 1 is 1.25 bits per heavy atom. The van der Waals surface area contributed by atoms with E-state index in [1.54, 1.807) is 6.92 Å². The smallest absolute Gasteiger partial charge is 0.130 e. The molecule has 1 aliphatic rings. The summed E-state index contributed by atoms with van der Waals surface area (Å²) in [5.74, 6) is 0.467. The molecule has 2 rings (SSSR count). The van der Waals surface area contributed by atoms with Gasteiger partial charge in [-0.1, -0.05) is 48.1 Å². The number of fused-ring (bicyclic) bond motifs is 1. The fourth-order valence-corrected chi connectivity index (χ4v) is 2.16. The number of hydrogen-bond donors (Lipinski definition) is 0. The van der Waals surface area contributed by atoms with Crippen LogP contribution in [-0.4, -0.2) is 5.78 Å². The lowest BCUT2D eigenvalue weighted by Gasteiger charge is -2.13. The lowest BCUT2D eigenvalue weighted by Crippen LogP contribution is -2.03. The highest BCUT2D eigenvalue weighted by Gasteiger charge is 2.15. The molecule has 1 aromatic carbocycles. The lowest BCUT2D eigenvalue weighted by molar-refractivity contribution is -0.117. The molecule has 0 amide bonds. The maximum absolute atomic E-state index is 11.3. The number of allylic oxidation sites excluding steroid dienone is 3. The number of ketones is 1. The Balaban J connectivity index is 2.45. The molecular weight excluding hydrogens is 196 g/mol. The Labute approximate surface area is 96.5 Å². The van der Waals surface area contributed by atoms with Gasteiger partial charge in [-0.05, 0) is 25.0 Å². The van der Waals surface area contributed by atoms with Crippen LogP contribution in [0.5, 0.6) is 0 Å². The highest BCUT2D eigenvalue weighted by molar-refractivity contribution is 5.77. The number of hydrogen-bond acceptors (Lipinski definition) is 1. The minimum Gasteiger partial charge on any atom is -0.300 e. The van der Waals surface area contributed by atoms with Gasteiger partial charge in [0.25, 0.3) is 0 Å². The zero-order chi connectivity index (χ0) is 11.5. The second-order valence-electron chi connectivity index (χ2n) is 4.39. The SMILES string of the molecule is CC(=O)CC1C=C(C)C=Cc2ccccc21. The first kappa shape index (κ1) is 10.9. The number of rotatable bonds is 2. The summed E-state index contributed by atoms with van der Waals surface area (Å²) < 4.78 is 0. The highest BCUT2D eigenvalue weighted by atomic mass is 16.1. The van der Waals surface area contributed by atoms with Gasteiger partial charge in [0.05, 0.1) is 0 Å². The highest BCUT2D eigenvalue weighted by Crippen LogP contribution is 2.30. The standard InChI is InChI=1S/C15H16O/c1-11-7-8-13-5-3-4-6-15(13)14(9-11)10-12(2)16/h3-9,14H,10H2,1-2H3. The molecule has 0 heterocycles. The molecule has 1 nitrogen and oxygen atoms in total.